The van der Waals surface area contributed by atoms with Crippen LogP contribution in [0.5, 0.6) is 0 Å². The van der Waals surface area contributed by atoms with Gasteiger partial charge in [0.05, 0.1) is 17.3 Å². The van der Waals surface area contributed by atoms with E-state index in [1.807, 2.05) is 18.2 Å². The number of halogens is 3. The van der Waals surface area contributed by atoms with Crippen LogP contribution in [0.1, 0.15) is 11.1 Å². The number of hydrogen-bond acceptors (Lipinski definition) is 2. The van der Waals surface area contributed by atoms with Crippen LogP contribution in [0, 0.1) is 0 Å². The molecule has 0 bridgehead atoms. The SMILES string of the molecule is FC(F)(F)c1cccc(CNc2ccc3[nH]ncc3c2)c1. The molecule has 3 rings (SSSR count). The topological polar surface area (TPSA) is 40.7 Å². The molecule has 2 aromatic carbocycles. The second kappa shape index (κ2) is 5.12. The van der Waals surface area contributed by atoms with Crippen molar-refractivity contribution in [2.45, 2.75) is 12.7 Å². The Morgan fingerprint density at radius 2 is 1.95 bits per heavy atom. The predicted molar refractivity (Wildman–Crippen MR) is 74.9 cm³/mol. The molecule has 21 heavy (non-hydrogen) atoms. The van der Waals surface area contributed by atoms with Gasteiger partial charge in [0.15, 0.2) is 0 Å². The Kier molecular flexibility index (Phi) is 3.29. The third kappa shape index (κ3) is 2.99. The van der Waals surface area contributed by atoms with E-state index in [1.165, 1.54) is 6.07 Å². The van der Waals surface area contributed by atoms with Crippen molar-refractivity contribution in [2.75, 3.05) is 5.32 Å². The zero-order chi connectivity index (χ0) is 14.9. The number of hydrogen-bond donors (Lipinski definition) is 2. The molecule has 3 nitrogen and oxygen atoms in total. The van der Waals surface area contributed by atoms with Crippen molar-refractivity contribution in [3.8, 4) is 0 Å². The highest BCUT2D eigenvalue weighted by Gasteiger charge is 2.30. The Morgan fingerprint density at radius 3 is 2.76 bits per heavy atom. The quantitative estimate of drug-likeness (QED) is 0.759. The number of benzene rings is 2. The Balaban J connectivity index is 1.75. The zero-order valence-corrected chi connectivity index (χ0v) is 10.9. The van der Waals surface area contributed by atoms with E-state index in [4.69, 9.17) is 0 Å². The molecule has 0 saturated carbocycles. The molecule has 2 N–H and O–H groups in total. The van der Waals surface area contributed by atoms with Crippen molar-refractivity contribution in [3.05, 3.63) is 59.8 Å². The average Bonchev–Trinajstić information content (AvgIpc) is 2.92. The summed E-state index contributed by atoms with van der Waals surface area (Å²) in [4.78, 5) is 0. The second-order valence-electron chi connectivity index (χ2n) is 4.72. The third-order valence-corrected chi connectivity index (χ3v) is 3.19. The largest absolute Gasteiger partial charge is 0.416 e. The van der Waals surface area contributed by atoms with Crippen molar-refractivity contribution < 1.29 is 13.2 Å². The number of aromatic nitrogens is 2. The van der Waals surface area contributed by atoms with Gasteiger partial charge in [0.2, 0.25) is 0 Å². The van der Waals surface area contributed by atoms with Gasteiger partial charge in [0.1, 0.15) is 0 Å². The van der Waals surface area contributed by atoms with Crippen LogP contribution < -0.4 is 5.32 Å². The first kappa shape index (κ1) is 13.5. The van der Waals surface area contributed by atoms with E-state index in [-0.39, 0.29) is 0 Å². The van der Waals surface area contributed by atoms with Gasteiger partial charge in [0, 0.05) is 17.6 Å². The van der Waals surface area contributed by atoms with Crippen molar-refractivity contribution in [1.29, 1.82) is 0 Å². The first-order valence-electron chi connectivity index (χ1n) is 6.35. The van der Waals surface area contributed by atoms with Crippen molar-refractivity contribution in [1.82, 2.24) is 10.2 Å². The molecule has 0 unspecified atom stereocenters. The minimum absolute atomic E-state index is 0.327. The summed E-state index contributed by atoms with van der Waals surface area (Å²) >= 11 is 0. The van der Waals surface area contributed by atoms with Crippen molar-refractivity contribution in [3.63, 3.8) is 0 Å². The summed E-state index contributed by atoms with van der Waals surface area (Å²) in [5.74, 6) is 0. The van der Waals surface area contributed by atoms with Crippen LogP contribution in [0.2, 0.25) is 0 Å². The predicted octanol–water partition coefficient (Wildman–Crippen LogP) is 4.19. The van der Waals surface area contributed by atoms with Gasteiger partial charge in [-0.2, -0.15) is 18.3 Å². The molecular formula is C15H12F3N3. The fourth-order valence-electron chi connectivity index (χ4n) is 2.11. The molecular weight excluding hydrogens is 279 g/mol. The zero-order valence-electron chi connectivity index (χ0n) is 10.9. The fourth-order valence-corrected chi connectivity index (χ4v) is 2.11. The highest BCUT2D eigenvalue weighted by atomic mass is 19.4. The summed E-state index contributed by atoms with van der Waals surface area (Å²) in [6, 6.07) is 10.9. The van der Waals surface area contributed by atoms with Crippen LogP contribution in [0.15, 0.2) is 48.7 Å². The summed E-state index contributed by atoms with van der Waals surface area (Å²) in [7, 11) is 0. The standard InChI is InChI=1S/C15H12F3N3/c16-15(17,18)12-3-1-2-10(6-12)8-19-13-4-5-14-11(7-13)9-20-21-14/h1-7,9,19H,8H2,(H,20,21). The third-order valence-electron chi connectivity index (χ3n) is 3.19. The Labute approximate surface area is 118 Å². The number of nitrogens with one attached hydrogen (secondary N) is 2. The van der Waals surface area contributed by atoms with Gasteiger partial charge in [-0.3, -0.25) is 5.10 Å². The van der Waals surface area contributed by atoms with E-state index < -0.39 is 11.7 Å². The lowest BCUT2D eigenvalue weighted by Crippen LogP contribution is -2.06. The van der Waals surface area contributed by atoms with E-state index in [1.54, 1.807) is 12.3 Å². The first-order valence-corrected chi connectivity index (χ1v) is 6.35. The summed E-state index contributed by atoms with van der Waals surface area (Å²) in [5, 5.41) is 10.8. The van der Waals surface area contributed by atoms with Crippen LogP contribution in [0.4, 0.5) is 18.9 Å². The molecule has 0 saturated heterocycles. The summed E-state index contributed by atoms with van der Waals surface area (Å²) in [6.07, 6.45) is -2.61. The molecule has 0 spiro atoms. The van der Waals surface area contributed by atoms with Gasteiger partial charge < -0.3 is 5.32 Å². The summed E-state index contributed by atoms with van der Waals surface area (Å²) in [5.41, 5.74) is 1.70. The Hall–Kier alpha value is -2.50. The molecule has 0 amide bonds. The first-order chi connectivity index (χ1) is 10.0. The molecule has 1 aromatic heterocycles. The Bertz CT molecular complexity index is 762. The van der Waals surface area contributed by atoms with Crippen LogP contribution in [-0.4, -0.2) is 10.2 Å². The number of nitrogens with zero attached hydrogens (tertiary/aromatic N) is 1. The van der Waals surface area contributed by atoms with Crippen molar-refractivity contribution >= 4 is 16.6 Å². The molecule has 0 aliphatic rings. The highest BCUT2D eigenvalue weighted by Crippen LogP contribution is 2.29. The summed E-state index contributed by atoms with van der Waals surface area (Å²) in [6.45, 7) is 0.327. The van der Waals surface area contributed by atoms with Crippen LogP contribution in [-0.2, 0) is 12.7 Å². The van der Waals surface area contributed by atoms with Crippen LogP contribution in [0.3, 0.4) is 0 Å². The molecule has 108 valence electrons. The lowest BCUT2D eigenvalue weighted by molar-refractivity contribution is -0.137. The molecule has 1 heterocycles. The van der Waals surface area contributed by atoms with E-state index in [0.717, 1.165) is 28.7 Å². The molecule has 0 aliphatic heterocycles. The molecule has 0 fully saturated rings. The number of H-pyrrole nitrogens is 1. The average molecular weight is 291 g/mol. The Morgan fingerprint density at radius 1 is 1.10 bits per heavy atom. The maximum atomic E-state index is 12.6. The maximum Gasteiger partial charge on any atom is 0.416 e. The number of aromatic amines is 1. The molecule has 0 atom stereocenters. The van der Waals surface area contributed by atoms with E-state index in [9.17, 15) is 13.2 Å². The van der Waals surface area contributed by atoms with E-state index in [0.29, 0.717) is 12.1 Å². The molecule has 6 heteroatoms. The monoisotopic (exact) mass is 291 g/mol. The lowest BCUT2D eigenvalue weighted by Gasteiger charge is -2.10. The van der Waals surface area contributed by atoms with Gasteiger partial charge in [-0.05, 0) is 35.9 Å². The normalized spacial score (nSPS) is 11.8. The molecule has 3 aromatic rings. The summed E-state index contributed by atoms with van der Waals surface area (Å²) < 4.78 is 37.9. The number of fused-ring (bicyclic) bond motifs is 1. The van der Waals surface area contributed by atoms with Gasteiger partial charge in [-0.1, -0.05) is 12.1 Å². The van der Waals surface area contributed by atoms with Gasteiger partial charge in [-0.15, -0.1) is 0 Å². The smallest absolute Gasteiger partial charge is 0.381 e. The van der Waals surface area contributed by atoms with Gasteiger partial charge in [0.25, 0.3) is 0 Å². The van der Waals surface area contributed by atoms with E-state index in [2.05, 4.69) is 15.5 Å². The number of anilines is 1. The van der Waals surface area contributed by atoms with Gasteiger partial charge in [-0.25, -0.2) is 0 Å². The highest BCUT2D eigenvalue weighted by molar-refractivity contribution is 5.81. The number of alkyl halides is 3. The van der Waals surface area contributed by atoms with Gasteiger partial charge >= 0.3 is 6.18 Å². The number of rotatable bonds is 3. The molecule has 0 aliphatic carbocycles. The van der Waals surface area contributed by atoms with Crippen LogP contribution >= 0.6 is 0 Å². The fraction of sp³-hybridized carbons (Fsp3) is 0.133. The lowest BCUT2D eigenvalue weighted by atomic mass is 10.1. The second-order valence-corrected chi connectivity index (χ2v) is 4.72. The minimum atomic E-state index is -4.31. The maximum absolute atomic E-state index is 12.6. The minimum Gasteiger partial charge on any atom is -0.381 e. The van der Waals surface area contributed by atoms with E-state index >= 15 is 0 Å². The molecule has 0 radical (unpaired) electrons. The van der Waals surface area contributed by atoms with Crippen molar-refractivity contribution in [2.24, 2.45) is 0 Å². The van der Waals surface area contributed by atoms with Crippen LogP contribution in [0.25, 0.3) is 10.9 Å².